The smallest absolute Gasteiger partial charge is 0.321 e. The molecule has 1 fully saturated rings. The summed E-state index contributed by atoms with van der Waals surface area (Å²) in [5.41, 5.74) is 2.33. The molecule has 104 valence electrons. The second-order valence-corrected chi connectivity index (χ2v) is 5.58. The predicted molar refractivity (Wildman–Crippen MR) is 76.4 cm³/mol. The summed E-state index contributed by atoms with van der Waals surface area (Å²) in [5, 5.41) is 9.30. The Morgan fingerprint density at radius 1 is 1.37 bits per heavy atom. The molecule has 0 aliphatic carbocycles. The monoisotopic (exact) mass is 262 g/mol. The first-order valence-electron chi connectivity index (χ1n) is 6.72. The molecule has 1 heterocycles. The van der Waals surface area contributed by atoms with Crippen molar-refractivity contribution in [2.24, 2.45) is 5.92 Å². The van der Waals surface area contributed by atoms with Crippen LogP contribution < -0.4 is 4.90 Å². The molecule has 0 aromatic heterocycles. The summed E-state index contributed by atoms with van der Waals surface area (Å²) in [6.07, 6.45) is 0.965. The number of benzene rings is 1. The standard InChI is InChI=1S/C15H22N2O2/c1-11-8-9-17(14(11)15(18)19)10-12-4-6-13(7-5-12)16(2)3/h4-7,11,14H,8-10H2,1-3H3,(H,18,19). The molecule has 2 unspecified atom stereocenters. The summed E-state index contributed by atoms with van der Waals surface area (Å²) in [6.45, 7) is 3.61. The van der Waals surface area contributed by atoms with Crippen LogP contribution in [0.3, 0.4) is 0 Å². The lowest BCUT2D eigenvalue weighted by molar-refractivity contribution is -0.143. The van der Waals surface area contributed by atoms with Crippen molar-refractivity contribution in [2.75, 3.05) is 25.5 Å². The van der Waals surface area contributed by atoms with Crippen molar-refractivity contribution in [2.45, 2.75) is 25.9 Å². The van der Waals surface area contributed by atoms with Crippen molar-refractivity contribution in [1.29, 1.82) is 0 Å². The second kappa shape index (κ2) is 5.61. The van der Waals surface area contributed by atoms with Crippen molar-refractivity contribution >= 4 is 11.7 Å². The van der Waals surface area contributed by atoms with Gasteiger partial charge in [-0.05, 0) is 36.6 Å². The van der Waals surface area contributed by atoms with Gasteiger partial charge in [0.15, 0.2) is 0 Å². The summed E-state index contributed by atoms with van der Waals surface area (Å²) in [7, 11) is 4.02. The quantitative estimate of drug-likeness (QED) is 0.902. The van der Waals surface area contributed by atoms with Gasteiger partial charge in [0.25, 0.3) is 0 Å². The number of likely N-dealkylation sites (tertiary alicyclic amines) is 1. The van der Waals surface area contributed by atoms with Gasteiger partial charge >= 0.3 is 5.97 Å². The van der Waals surface area contributed by atoms with E-state index >= 15 is 0 Å². The first-order chi connectivity index (χ1) is 8.99. The highest BCUT2D eigenvalue weighted by Gasteiger charge is 2.36. The first kappa shape index (κ1) is 13.9. The second-order valence-electron chi connectivity index (χ2n) is 5.58. The first-order valence-corrected chi connectivity index (χ1v) is 6.72. The highest BCUT2D eigenvalue weighted by molar-refractivity contribution is 5.74. The molecule has 2 atom stereocenters. The van der Waals surface area contributed by atoms with Crippen LogP contribution in [0.5, 0.6) is 0 Å². The van der Waals surface area contributed by atoms with Gasteiger partial charge < -0.3 is 10.0 Å². The molecule has 0 amide bonds. The third-order valence-electron chi connectivity index (χ3n) is 3.90. The van der Waals surface area contributed by atoms with Gasteiger partial charge in [-0.2, -0.15) is 0 Å². The van der Waals surface area contributed by atoms with Gasteiger partial charge in [-0.15, -0.1) is 0 Å². The lowest BCUT2D eigenvalue weighted by Gasteiger charge is -2.23. The Labute approximate surface area is 114 Å². The van der Waals surface area contributed by atoms with E-state index in [0.717, 1.165) is 25.2 Å². The molecule has 1 saturated heterocycles. The zero-order chi connectivity index (χ0) is 14.0. The molecule has 2 rings (SSSR count). The van der Waals surface area contributed by atoms with Crippen LogP contribution in [0.1, 0.15) is 18.9 Å². The molecule has 1 aliphatic rings. The minimum atomic E-state index is -0.699. The van der Waals surface area contributed by atoms with Crippen molar-refractivity contribution in [3.05, 3.63) is 29.8 Å². The van der Waals surface area contributed by atoms with Crippen molar-refractivity contribution in [3.8, 4) is 0 Å². The van der Waals surface area contributed by atoms with Gasteiger partial charge in [0.2, 0.25) is 0 Å². The maximum Gasteiger partial charge on any atom is 0.321 e. The van der Waals surface area contributed by atoms with Gasteiger partial charge in [0.1, 0.15) is 6.04 Å². The molecule has 0 saturated carbocycles. The molecular formula is C15H22N2O2. The zero-order valence-electron chi connectivity index (χ0n) is 11.8. The molecule has 0 spiro atoms. The Bertz CT molecular complexity index is 442. The van der Waals surface area contributed by atoms with E-state index in [0.29, 0.717) is 0 Å². The molecule has 1 N–H and O–H groups in total. The van der Waals surface area contributed by atoms with Crippen LogP contribution in [0.25, 0.3) is 0 Å². The summed E-state index contributed by atoms with van der Waals surface area (Å²) >= 11 is 0. The van der Waals surface area contributed by atoms with E-state index in [1.165, 1.54) is 5.56 Å². The van der Waals surface area contributed by atoms with Gasteiger partial charge in [0, 0.05) is 26.3 Å². The van der Waals surface area contributed by atoms with E-state index in [4.69, 9.17) is 0 Å². The topological polar surface area (TPSA) is 43.8 Å². The van der Waals surface area contributed by atoms with Gasteiger partial charge in [-0.1, -0.05) is 19.1 Å². The van der Waals surface area contributed by atoms with Crippen LogP contribution in [-0.2, 0) is 11.3 Å². The third-order valence-corrected chi connectivity index (χ3v) is 3.90. The SMILES string of the molecule is CC1CCN(Cc2ccc(N(C)C)cc2)C1C(=O)O. The molecule has 4 nitrogen and oxygen atoms in total. The summed E-state index contributed by atoms with van der Waals surface area (Å²) in [4.78, 5) is 15.4. The Kier molecular flexibility index (Phi) is 4.10. The number of carboxylic acids is 1. The number of nitrogens with zero attached hydrogens (tertiary/aromatic N) is 2. The number of carbonyl (C=O) groups is 1. The maximum absolute atomic E-state index is 11.3. The van der Waals surface area contributed by atoms with Crippen LogP contribution in [0.15, 0.2) is 24.3 Å². The predicted octanol–water partition coefficient (Wildman–Crippen LogP) is 2.05. The molecular weight excluding hydrogens is 240 g/mol. The van der Waals surface area contributed by atoms with Crippen molar-refractivity contribution in [1.82, 2.24) is 4.90 Å². The third kappa shape index (κ3) is 3.07. The largest absolute Gasteiger partial charge is 0.480 e. The molecule has 0 bridgehead atoms. The van der Waals surface area contributed by atoms with Crippen LogP contribution >= 0.6 is 0 Å². The van der Waals surface area contributed by atoms with Crippen LogP contribution in [0.4, 0.5) is 5.69 Å². The average molecular weight is 262 g/mol. The van der Waals surface area contributed by atoms with Crippen molar-refractivity contribution in [3.63, 3.8) is 0 Å². The summed E-state index contributed by atoms with van der Waals surface area (Å²) < 4.78 is 0. The molecule has 1 aliphatic heterocycles. The number of carboxylic acid groups (broad SMARTS) is 1. The van der Waals surface area contributed by atoms with Crippen LogP contribution in [0.2, 0.25) is 0 Å². The highest BCUT2D eigenvalue weighted by atomic mass is 16.4. The lowest BCUT2D eigenvalue weighted by atomic mass is 10.0. The highest BCUT2D eigenvalue weighted by Crippen LogP contribution is 2.26. The fourth-order valence-electron chi connectivity index (χ4n) is 2.74. The number of hydrogen-bond donors (Lipinski definition) is 1. The van der Waals surface area contributed by atoms with Crippen molar-refractivity contribution < 1.29 is 9.90 Å². The summed E-state index contributed by atoms with van der Waals surface area (Å²) in [5.74, 6) is -0.464. The normalized spacial score (nSPS) is 23.5. The Balaban J connectivity index is 2.06. The fraction of sp³-hybridized carbons (Fsp3) is 0.533. The van der Waals surface area contributed by atoms with E-state index in [2.05, 4.69) is 34.1 Å². The van der Waals surface area contributed by atoms with E-state index < -0.39 is 5.97 Å². The van der Waals surface area contributed by atoms with Crippen LogP contribution in [0, 0.1) is 5.92 Å². The van der Waals surface area contributed by atoms with Gasteiger partial charge in [-0.3, -0.25) is 9.69 Å². The fourth-order valence-corrected chi connectivity index (χ4v) is 2.74. The van der Waals surface area contributed by atoms with Crippen LogP contribution in [-0.4, -0.2) is 42.7 Å². The molecule has 1 aromatic rings. The zero-order valence-corrected chi connectivity index (χ0v) is 11.8. The van der Waals surface area contributed by atoms with E-state index in [1.807, 2.05) is 21.0 Å². The summed E-state index contributed by atoms with van der Waals surface area (Å²) in [6, 6.07) is 7.97. The molecule has 0 radical (unpaired) electrons. The molecule has 1 aromatic carbocycles. The van der Waals surface area contributed by atoms with E-state index in [1.54, 1.807) is 0 Å². The Morgan fingerprint density at radius 3 is 2.53 bits per heavy atom. The number of rotatable bonds is 4. The Hall–Kier alpha value is -1.55. The average Bonchev–Trinajstić information content (AvgIpc) is 2.71. The number of anilines is 1. The van der Waals surface area contributed by atoms with Gasteiger partial charge in [0.05, 0.1) is 0 Å². The lowest BCUT2D eigenvalue weighted by Crippen LogP contribution is -2.38. The van der Waals surface area contributed by atoms with Gasteiger partial charge in [-0.25, -0.2) is 0 Å². The molecule has 19 heavy (non-hydrogen) atoms. The molecule has 4 heteroatoms. The van der Waals surface area contributed by atoms with E-state index in [9.17, 15) is 9.90 Å². The minimum absolute atomic E-state index is 0.235. The number of aliphatic carboxylic acids is 1. The minimum Gasteiger partial charge on any atom is -0.480 e. The number of hydrogen-bond acceptors (Lipinski definition) is 3. The van der Waals surface area contributed by atoms with E-state index in [-0.39, 0.29) is 12.0 Å². The maximum atomic E-state index is 11.3. The Morgan fingerprint density at radius 2 is 2.00 bits per heavy atom.